The Balaban J connectivity index is 1.84. The lowest BCUT2D eigenvalue weighted by atomic mass is 10.1. The normalized spacial score (nSPS) is 10.6. The first-order valence-corrected chi connectivity index (χ1v) is 7.95. The number of aryl methyl sites for hydroxylation is 2. The van der Waals surface area contributed by atoms with Gasteiger partial charge in [-0.05, 0) is 68.3 Å². The van der Waals surface area contributed by atoms with E-state index in [1.165, 1.54) is 5.56 Å². The number of nitrogens with one attached hydrogen (secondary N) is 1. The molecule has 1 N–H and O–H groups in total. The number of aromatic nitrogens is 3. The molecule has 6 heteroatoms. The first-order valence-electron chi connectivity index (χ1n) is 7.95. The van der Waals surface area contributed by atoms with Gasteiger partial charge in [0.25, 0.3) is 5.91 Å². The quantitative estimate of drug-likeness (QED) is 0.792. The highest BCUT2D eigenvalue weighted by atomic mass is 16.5. The molecule has 1 amide bonds. The number of carbonyl (C=O) groups excluding carboxylic acids is 1. The molecule has 6 nitrogen and oxygen atoms in total. The van der Waals surface area contributed by atoms with Crippen LogP contribution in [-0.4, -0.2) is 28.0 Å². The standard InChI is InChI=1S/C19H20N4O2/c1-12-5-8-16(11-13(12)2)23-14(3)18(21-22-23)19(24)20-15-6-9-17(25-4)10-7-15/h5-11H,1-4H3,(H,20,24). The Labute approximate surface area is 146 Å². The molecule has 0 atom stereocenters. The van der Waals surface area contributed by atoms with Gasteiger partial charge >= 0.3 is 0 Å². The molecular formula is C19H20N4O2. The molecule has 0 radical (unpaired) electrons. The zero-order valence-corrected chi connectivity index (χ0v) is 14.7. The van der Waals surface area contributed by atoms with Gasteiger partial charge in [-0.25, -0.2) is 4.68 Å². The summed E-state index contributed by atoms with van der Waals surface area (Å²) in [6.45, 7) is 5.93. The van der Waals surface area contributed by atoms with Gasteiger partial charge in [0.15, 0.2) is 5.69 Å². The molecule has 128 valence electrons. The van der Waals surface area contributed by atoms with Gasteiger partial charge < -0.3 is 10.1 Å². The van der Waals surface area contributed by atoms with Crippen molar-refractivity contribution in [3.05, 3.63) is 65.0 Å². The number of hydrogen-bond donors (Lipinski definition) is 1. The van der Waals surface area contributed by atoms with Crippen LogP contribution in [0.4, 0.5) is 5.69 Å². The Morgan fingerprint density at radius 3 is 2.40 bits per heavy atom. The van der Waals surface area contributed by atoms with Gasteiger partial charge in [-0.2, -0.15) is 0 Å². The fourth-order valence-corrected chi connectivity index (χ4v) is 2.51. The highest BCUT2D eigenvalue weighted by Gasteiger charge is 2.17. The first-order chi connectivity index (χ1) is 12.0. The minimum absolute atomic E-state index is 0.294. The van der Waals surface area contributed by atoms with E-state index in [1.54, 1.807) is 36.1 Å². The van der Waals surface area contributed by atoms with Crippen LogP contribution in [0.2, 0.25) is 0 Å². The van der Waals surface area contributed by atoms with Crippen LogP contribution in [0.5, 0.6) is 5.75 Å². The van der Waals surface area contributed by atoms with Gasteiger partial charge in [0.1, 0.15) is 5.75 Å². The molecule has 0 aliphatic rings. The van der Waals surface area contributed by atoms with Crippen molar-refractivity contribution < 1.29 is 9.53 Å². The zero-order valence-electron chi connectivity index (χ0n) is 14.7. The van der Waals surface area contributed by atoms with Gasteiger partial charge in [0.2, 0.25) is 0 Å². The Bertz CT molecular complexity index is 914. The molecule has 0 spiro atoms. The molecule has 0 saturated heterocycles. The number of amides is 1. The van der Waals surface area contributed by atoms with Gasteiger partial charge in [0.05, 0.1) is 18.5 Å². The number of methoxy groups -OCH3 is 1. The van der Waals surface area contributed by atoms with E-state index in [1.807, 2.05) is 32.0 Å². The number of ether oxygens (including phenoxy) is 1. The molecule has 1 aromatic heterocycles. The van der Waals surface area contributed by atoms with E-state index in [2.05, 4.69) is 22.6 Å². The van der Waals surface area contributed by atoms with Crippen molar-refractivity contribution >= 4 is 11.6 Å². The molecule has 2 aromatic carbocycles. The van der Waals surface area contributed by atoms with Gasteiger partial charge in [-0.15, -0.1) is 5.10 Å². The van der Waals surface area contributed by atoms with Crippen molar-refractivity contribution in [3.8, 4) is 11.4 Å². The Hall–Kier alpha value is -3.15. The van der Waals surface area contributed by atoms with E-state index in [0.717, 1.165) is 17.0 Å². The average molecular weight is 336 g/mol. The van der Waals surface area contributed by atoms with Crippen LogP contribution in [0.1, 0.15) is 27.3 Å². The topological polar surface area (TPSA) is 69.0 Å². The summed E-state index contributed by atoms with van der Waals surface area (Å²) in [5.41, 5.74) is 4.92. The molecule has 0 aliphatic heterocycles. The third-order valence-corrected chi connectivity index (χ3v) is 4.19. The number of benzene rings is 2. The Morgan fingerprint density at radius 1 is 1.04 bits per heavy atom. The Morgan fingerprint density at radius 2 is 1.76 bits per heavy atom. The summed E-state index contributed by atoms with van der Waals surface area (Å²) in [5, 5.41) is 11.0. The largest absolute Gasteiger partial charge is 0.497 e. The molecule has 0 saturated carbocycles. The predicted octanol–water partition coefficient (Wildman–Crippen LogP) is 3.45. The highest BCUT2D eigenvalue weighted by Crippen LogP contribution is 2.18. The van der Waals surface area contributed by atoms with Crippen LogP contribution in [0.3, 0.4) is 0 Å². The second-order valence-corrected chi connectivity index (χ2v) is 5.89. The minimum Gasteiger partial charge on any atom is -0.497 e. The van der Waals surface area contributed by atoms with Crippen LogP contribution < -0.4 is 10.1 Å². The fraction of sp³-hybridized carbons (Fsp3) is 0.211. The number of rotatable bonds is 4. The molecule has 3 aromatic rings. The Kier molecular flexibility index (Phi) is 4.52. The number of anilines is 1. The monoisotopic (exact) mass is 336 g/mol. The van der Waals surface area contributed by atoms with Crippen LogP contribution in [0.25, 0.3) is 5.69 Å². The molecular weight excluding hydrogens is 316 g/mol. The van der Waals surface area contributed by atoms with Crippen molar-refractivity contribution in [3.63, 3.8) is 0 Å². The second kappa shape index (κ2) is 6.76. The van der Waals surface area contributed by atoms with Crippen LogP contribution in [-0.2, 0) is 0 Å². The molecule has 1 heterocycles. The van der Waals surface area contributed by atoms with Crippen LogP contribution in [0.15, 0.2) is 42.5 Å². The van der Waals surface area contributed by atoms with Crippen molar-refractivity contribution in [1.82, 2.24) is 15.0 Å². The van der Waals surface area contributed by atoms with Crippen molar-refractivity contribution in [1.29, 1.82) is 0 Å². The fourth-order valence-electron chi connectivity index (χ4n) is 2.51. The zero-order chi connectivity index (χ0) is 18.0. The summed E-state index contributed by atoms with van der Waals surface area (Å²) in [6, 6.07) is 13.2. The van der Waals surface area contributed by atoms with E-state index in [9.17, 15) is 4.79 Å². The molecule has 0 bridgehead atoms. The second-order valence-electron chi connectivity index (χ2n) is 5.89. The number of hydrogen-bond acceptors (Lipinski definition) is 4. The average Bonchev–Trinajstić information content (AvgIpc) is 2.99. The third kappa shape index (κ3) is 3.38. The van der Waals surface area contributed by atoms with Gasteiger partial charge in [-0.1, -0.05) is 11.3 Å². The molecule has 0 fully saturated rings. The van der Waals surface area contributed by atoms with E-state index in [-0.39, 0.29) is 5.91 Å². The summed E-state index contributed by atoms with van der Waals surface area (Å²) in [5.74, 6) is 0.438. The third-order valence-electron chi connectivity index (χ3n) is 4.19. The van der Waals surface area contributed by atoms with Crippen molar-refractivity contribution in [2.45, 2.75) is 20.8 Å². The molecule has 0 unspecified atom stereocenters. The lowest BCUT2D eigenvalue weighted by Gasteiger charge is -2.07. The smallest absolute Gasteiger partial charge is 0.278 e. The highest BCUT2D eigenvalue weighted by molar-refractivity contribution is 6.03. The van der Waals surface area contributed by atoms with E-state index < -0.39 is 0 Å². The maximum absolute atomic E-state index is 12.5. The van der Waals surface area contributed by atoms with E-state index >= 15 is 0 Å². The summed E-state index contributed by atoms with van der Waals surface area (Å²) in [4.78, 5) is 12.5. The predicted molar refractivity (Wildman–Crippen MR) is 96.5 cm³/mol. The molecule has 25 heavy (non-hydrogen) atoms. The summed E-state index contributed by atoms with van der Waals surface area (Å²) in [6.07, 6.45) is 0. The summed E-state index contributed by atoms with van der Waals surface area (Å²) in [7, 11) is 1.60. The van der Waals surface area contributed by atoms with Crippen LogP contribution in [0, 0.1) is 20.8 Å². The van der Waals surface area contributed by atoms with E-state index in [4.69, 9.17) is 4.74 Å². The van der Waals surface area contributed by atoms with Crippen LogP contribution >= 0.6 is 0 Å². The maximum atomic E-state index is 12.5. The molecule has 3 rings (SSSR count). The lowest BCUT2D eigenvalue weighted by molar-refractivity contribution is 0.102. The van der Waals surface area contributed by atoms with E-state index in [0.29, 0.717) is 17.1 Å². The number of carbonyl (C=O) groups is 1. The lowest BCUT2D eigenvalue weighted by Crippen LogP contribution is -2.14. The van der Waals surface area contributed by atoms with Crippen molar-refractivity contribution in [2.24, 2.45) is 0 Å². The summed E-state index contributed by atoms with van der Waals surface area (Å²) >= 11 is 0. The van der Waals surface area contributed by atoms with Gasteiger partial charge in [-0.3, -0.25) is 4.79 Å². The maximum Gasteiger partial charge on any atom is 0.278 e. The molecule has 0 aliphatic carbocycles. The number of nitrogens with zero attached hydrogens (tertiary/aromatic N) is 3. The van der Waals surface area contributed by atoms with Crippen molar-refractivity contribution in [2.75, 3.05) is 12.4 Å². The SMILES string of the molecule is COc1ccc(NC(=O)c2nnn(-c3ccc(C)c(C)c3)c2C)cc1. The first kappa shape index (κ1) is 16.7. The van der Waals surface area contributed by atoms with Gasteiger partial charge in [0, 0.05) is 5.69 Å². The minimum atomic E-state index is -0.294. The summed E-state index contributed by atoms with van der Waals surface area (Å²) < 4.78 is 6.79.